The molecule has 6 heteroatoms. The monoisotopic (exact) mass is 127 g/mol. The number of carbonyl (C=O) groups is 1. The molecule has 1 N–H and O–H groups in total. The van der Waals surface area contributed by atoms with Crippen LogP contribution < -0.4 is 5.43 Å². The Morgan fingerprint density at radius 3 is 3.00 bits per heavy atom. The predicted octanol–water partition coefficient (Wildman–Crippen LogP) is -1.24. The second kappa shape index (κ2) is 2.21. The number of rotatable bonds is 1. The fourth-order valence-corrected chi connectivity index (χ4v) is 0.359. The summed E-state index contributed by atoms with van der Waals surface area (Å²) in [5.41, 5.74) is 2.28. The van der Waals surface area contributed by atoms with E-state index in [2.05, 4.69) is 20.8 Å². The Morgan fingerprint density at radius 2 is 2.56 bits per heavy atom. The fourth-order valence-electron chi connectivity index (χ4n) is 0.359. The lowest BCUT2D eigenvalue weighted by atomic mass is 10.8. The summed E-state index contributed by atoms with van der Waals surface area (Å²) >= 11 is 0. The van der Waals surface area contributed by atoms with Crippen molar-refractivity contribution in [2.75, 3.05) is 5.43 Å². The molecule has 0 aliphatic rings. The van der Waals surface area contributed by atoms with Crippen molar-refractivity contribution in [2.45, 2.75) is 6.92 Å². The molecule has 0 bridgehead atoms. The van der Waals surface area contributed by atoms with Gasteiger partial charge >= 0.3 is 0 Å². The van der Waals surface area contributed by atoms with Gasteiger partial charge in [0, 0.05) is 6.92 Å². The maximum absolute atomic E-state index is 10.3. The van der Waals surface area contributed by atoms with E-state index in [4.69, 9.17) is 0 Å². The van der Waals surface area contributed by atoms with Crippen LogP contribution in [0, 0.1) is 0 Å². The molecule has 0 aliphatic heterocycles. The Kier molecular flexibility index (Phi) is 1.39. The van der Waals surface area contributed by atoms with E-state index < -0.39 is 0 Å². The molecule has 0 aliphatic carbocycles. The molecule has 0 fully saturated rings. The Bertz CT molecular complexity index is 192. The SMILES string of the molecule is CC(=O)Nn1ncnn1. The van der Waals surface area contributed by atoms with Crippen LogP contribution in [0.25, 0.3) is 0 Å². The molecule has 6 nitrogen and oxygen atoms in total. The Hall–Kier alpha value is -1.46. The lowest BCUT2D eigenvalue weighted by molar-refractivity contribution is -0.115. The van der Waals surface area contributed by atoms with Crippen molar-refractivity contribution in [3.63, 3.8) is 0 Å². The average molecular weight is 127 g/mol. The molecule has 0 radical (unpaired) electrons. The topological polar surface area (TPSA) is 72.7 Å². The Morgan fingerprint density at radius 1 is 1.78 bits per heavy atom. The molecule has 1 amide bonds. The molecule has 0 unspecified atom stereocenters. The lowest BCUT2D eigenvalue weighted by Crippen LogP contribution is -2.22. The molecule has 1 rings (SSSR count). The molecular formula is C3H5N5O. The predicted molar refractivity (Wildman–Crippen MR) is 27.9 cm³/mol. The van der Waals surface area contributed by atoms with Crippen LogP contribution in [0.2, 0.25) is 0 Å². The maximum atomic E-state index is 10.3. The summed E-state index contributed by atoms with van der Waals surface area (Å²) < 4.78 is 0. The molecule has 0 atom stereocenters. The molecular weight excluding hydrogens is 122 g/mol. The molecule has 9 heavy (non-hydrogen) atoms. The van der Waals surface area contributed by atoms with E-state index >= 15 is 0 Å². The number of nitrogens with one attached hydrogen (secondary N) is 1. The first kappa shape index (κ1) is 5.67. The van der Waals surface area contributed by atoms with Crippen LogP contribution in [0.3, 0.4) is 0 Å². The molecule has 1 aromatic heterocycles. The average Bonchev–Trinajstić information content (AvgIpc) is 2.15. The third-order valence-corrected chi connectivity index (χ3v) is 0.606. The number of nitrogens with zero attached hydrogens (tertiary/aromatic N) is 4. The summed E-state index contributed by atoms with van der Waals surface area (Å²) in [6.45, 7) is 1.36. The van der Waals surface area contributed by atoms with Gasteiger partial charge in [0.25, 0.3) is 0 Å². The summed E-state index contributed by atoms with van der Waals surface area (Å²) in [6, 6.07) is 0. The Labute approximate surface area is 50.8 Å². The quantitative estimate of drug-likeness (QED) is 0.512. The normalized spacial score (nSPS) is 9.00. The highest BCUT2D eigenvalue weighted by Gasteiger charge is 1.91. The highest BCUT2D eigenvalue weighted by molar-refractivity contribution is 5.80. The van der Waals surface area contributed by atoms with Crippen molar-refractivity contribution in [2.24, 2.45) is 0 Å². The van der Waals surface area contributed by atoms with Gasteiger partial charge in [-0.15, -0.1) is 10.2 Å². The highest BCUT2D eigenvalue weighted by atomic mass is 16.2. The van der Waals surface area contributed by atoms with Gasteiger partial charge in [-0.1, -0.05) is 4.91 Å². The minimum atomic E-state index is -0.229. The summed E-state index contributed by atoms with van der Waals surface area (Å²) in [5, 5.41) is 10.3. The van der Waals surface area contributed by atoms with Crippen LogP contribution in [-0.2, 0) is 4.79 Å². The summed E-state index contributed by atoms with van der Waals surface area (Å²) in [6.07, 6.45) is 1.23. The van der Waals surface area contributed by atoms with Gasteiger partial charge in [-0.2, -0.15) is 0 Å². The Balaban J connectivity index is 2.58. The number of amides is 1. The van der Waals surface area contributed by atoms with Crippen LogP contribution in [0.1, 0.15) is 6.92 Å². The van der Waals surface area contributed by atoms with E-state index in [-0.39, 0.29) is 5.91 Å². The van der Waals surface area contributed by atoms with Crippen molar-refractivity contribution in [1.29, 1.82) is 0 Å². The van der Waals surface area contributed by atoms with Gasteiger partial charge in [0.15, 0.2) is 6.33 Å². The molecule has 1 heterocycles. The standard InChI is InChI=1S/C3H5N5O/c1-3(9)6-8-5-2-4-7-8/h2H,1H3,(H,6,9). The van der Waals surface area contributed by atoms with Gasteiger partial charge in [0.1, 0.15) is 0 Å². The second-order valence-corrected chi connectivity index (χ2v) is 1.39. The van der Waals surface area contributed by atoms with Crippen molar-refractivity contribution in [3.8, 4) is 0 Å². The van der Waals surface area contributed by atoms with Gasteiger partial charge < -0.3 is 0 Å². The van der Waals surface area contributed by atoms with E-state index in [1.54, 1.807) is 0 Å². The van der Waals surface area contributed by atoms with E-state index in [9.17, 15) is 4.79 Å². The molecule has 0 aromatic carbocycles. The summed E-state index contributed by atoms with van der Waals surface area (Å²) in [4.78, 5) is 11.3. The molecule has 0 saturated heterocycles. The van der Waals surface area contributed by atoms with Crippen LogP contribution in [-0.4, -0.2) is 26.2 Å². The van der Waals surface area contributed by atoms with Gasteiger partial charge in [-0.3, -0.25) is 4.79 Å². The zero-order valence-electron chi connectivity index (χ0n) is 4.77. The lowest BCUT2D eigenvalue weighted by Gasteiger charge is -1.93. The fraction of sp³-hybridized carbons (Fsp3) is 0.333. The zero-order valence-corrected chi connectivity index (χ0v) is 4.77. The minimum absolute atomic E-state index is 0.229. The first-order chi connectivity index (χ1) is 4.29. The third kappa shape index (κ3) is 1.48. The number of aromatic nitrogens is 4. The summed E-state index contributed by atoms with van der Waals surface area (Å²) in [5.74, 6) is -0.229. The van der Waals surface area contributed by atoms with E-state index in [1.807, 2.05) is 0 Å². The molecule has 0 spiro atoms. The van der Waals surface area contributed by atoms with Crippen LogP contribution in [0.5, 0.6) is 0 Å². The first-order valence-corrected chi connectivity index (χ1v) is 2.29. The van der Waals surface area contributed by atoms with Crippen molar-refractivity contribution in [1.82, 2.24) is 20.3 Å². The minimum Gasteiger partial charge on any atom is -0.273 e. The van der Waals surface area contributed by atoms with Crippen molar-refractivity contribution in [3.05, 3.63) is 6.33 Å². The highest BCUT2D eigenvalue weighted by Crippen LogP contribution is 1.65. The van der Waals surface area contributed by atoms with E-state index in [0.29, 0.717) is 0 Å². The maximum Gasteiger partial charge on any atom is 0.238 e. The number of hydrogen-bond acceptors (Lipinski definition) is 4. The largest absolute Gasteiger partial charge is 0.273 e. The smallest absolute Gasteiger partial charge is 0.238 e. The van der Waals surface area contributed by atoms with Crippen LogP contribution in [0.4, 0.5) is 0 Å². The molecule has 48 valence electrons. The zero-order chi connectivity index (χ0) is 6.69. The van der Waals surface area contributed by atoms with Gasteiger partial charge in [0.2, 0.25) is 5.91 Å². The van der Waals surface area contributed by atoms with Crippen LogP contribution >= 0.6 is 0 Å². The summed E-state index contributed by atoms with van der Waals surface area (Å²) in [7, 11) is 0. The first-order valence-electron chi connectivity index (χ1n) is 2.29. The van der Waals surface area contributed by atoms with E-state index in [0.717, 1.165) is 4.91 Å². The van der Waals surface area contributed by atoms with Crippen molar-refractivity contribution >= 4 is 5.91 Å². The van der Waals surface area contributed by atoms with Gasteiger partial charge in [-0.25, -0.2) is 5.43 Å². The number of carbonyl (C=O) groups excluding carboxylic acids is 1. The van der Waals surface area contributed by atoms with Crippen molar-refractivity contribution < 1.29 is 4.79 Å². The van der Waals surface area contributed by atoms with Crippen LogP contribution in [0.15, 0.2) is 6.33 Å². The van der Waals surface area contributed by atoms with Gasteiger partial charge in [0.05, 0.1) is 0 Å². The third-order valence-electron chi connectivity index (χ3n) is 0.606. The second-order valence-electron chi connectivity index (χ2n) is 1.39. The molecule has 1 aromatic rings. The number of hydrogen-bond donors (Lipinski definition) is 1. The molecule has 0 saturated carbocycles. The van der Waals surface area contributed by atoms with Gasteiger partial charge in [-0.05, 0) is 5.21 Å². The van der Waals surface area contributed by atoms with E-state index in [1.165, 1.54) is 13.3 Å². The number of tetrazole rings is 1.